The molecule has 4 amide bonds. The first kappa shape index (κ1) is 52.6. The maximum Gasteiger partial charge on any atom is 0.254 e. The van der Waals surface area contributed by atoms with E-state index in [-0.39, 0.29) is 140 Å². The molecule has 0 aliphatic rings. The molecular formula is C38H61N4O12PS. The van der Waals surface area contributed by atoms with Crippen LogP contribution in [0, 0.1) is 37.0 Å². The van der Waals surface area contributed by atoms with E-state index in [0.717, 1.165) is 0 Å². The molecule has 0 aromatic heterocycles. The predicted molar refractivity (Wildman–Crippen MR) is 216 cm³/mol. The van der Waals surface area contributed by atoms with E-state index < -0.39 is 18.0 Å². The molecule has 16 nitrogen and oxygen atoms in total. The third kappa shape index (κ3) is 30.8. The third-order valence-electron chi connectivity index (χ3n) is 7.67. The van der Waals surface area contributed by atoms with Crippen LogP contribution in [-0.4, -0.2) is 141 Å². The Morgan fingerprint density at radius 2 is 0.964 bits per heavy atom. The lowest BCUT2D eigenvalue weighted by atomic mass is 9.82. The van der Waals surface area contributed by atoms with Gasteiger partial charge in [-0.15, -0.1) is 19.3 Å². The smallest absolute Gasteiger partial charge is 0.254 e. The van der Waals surface area contributed by atoms with Crippen molar-refractivity contribution in [2.24, 2.45) is 0 Å². The molecule has 0 aromatic rings. The lowest BCUT2D eigenvalue weighted by Gasteiger charge is -2.35. The number of hydrogen-bond donors (Lipinski definition) is 5. The first-order valence-corrected chi connectivity index (χ1v) is 21.4. The van der Waals surface area contributed by atoms with Gasteiger partial charge in [0, 0.05) is 62.6 Å². The van der Waals surface area contributed by atoms with Gasteiger partial charge in [0.05, 0.1) is 66.1 Å². The minimum absolute atomic E-state index is 0.0449. The number of terminal acetylenes is 3. The van der Waals surface area contributed by atoms with Gasteiger partial charge in [-0.2, -0.15) is 0 Å². The summed E-state index contributed by atoms with van der Waals surface area (Å²) in [6.45, 7) is 6.12. The molecule has 0 saturated carbocycles. The van der Waals surface area contributed by atoms with Crippen molar-refractivity contribution in [3.63, 3.8) is 0 Å². The van der Waals surface area contributed by atoms with Gasteiger partial charge in [-0.05, 0) is 19.3 Å². The fraction of sp³-hybridized carbons (Fsp3) is 0.684. The van der Waals surface area contributed by atoms with Crippen molar-refractivity contribution >= 4 is 42.4 Å². The Labute approximate surface area is 337 Å². The van der Waals surface area contributed by atoms with E-state index in [1.807, 2.05) is 0 Å². The highest BCUT2D eigenvalue weighted by Gasteiger charge is 2.34. The molecule has 0 fully saturated rings. The number of rotatable bonds is 37. The van der Waals surface area contributed by atoms with E-state index in [2.05, 4.69) is 57.9 Å². The van der Waals surface area contributed by atoms with Crippen LogP contribution in [0.3, 0.4) is 0 Å². The Bertz CT molecular complexity index is 1220. The second-order valence-corrected chi connectivity index (χ2v) is 16.0. The van der Waals surface area contributed by atoms with Crippen LogP contribution in [0.4, 0.5) is 0 Å². The highest BCUT2D eigenvalue weighted by Crippen LogP contribution is 2.51. The monoisotopic (exact) mass is 828 g/mol. The van der Waals surface area contributed by atoms with Crippen molar-refractivity contribution < 1.29 is 56.7 Å². The van der Waals surface area contributed by atoms with E-state index in [0.29, 0.717) is 39.6 Å². The van der Waals surface area contributed by atoms with Crippen LogP contribution in [0.15, 0.2) is 12.2 Å². The lowest BCUT2D eigenvalue weighted by molar-refractivity contribution is -0.125. The van der Waals surface area contributed by atoms with E-state index in [4.69, 9.17) is 52.2 Å². The molecule has 0 heterocycles. The fourth-order valence-corrected chi connectivity index (χ4v) is 5.38. The van der Waals surface area contributed by atoms with Crippen molar-refractivity contribution in [1.82, 2.24) is 21.3 Å². The standard InChI is InChI=1S/C38H61N4O12PS/c1-6-20-48-27-30-51-24-17-39-34(43)10-14-38(42-37(46)33(5)13-23-54-55(47,56)9-4,15-11-35(44)40-18-25-52-31-28-49-21-7-2)16-12-36(45)41-19-26-53-32-29-50-22-8-3/h1-3H,5,9-32H2,4H3,(H,39,43)(H,40,44)(H,41,45)(H,42,46)(H,47,56). The second kappa shape index (κ2) is 34.8. The van der Waals surface area contributed by atoms with Crippen LogP contribution >= 0.6 is 18.8 Å². The zero-order valence-electron chi connectivity index (χ0n) is 32.7. The molecule has 0 rings (SSSR count). The van der Waals surface area contributed by atoms with E-state index >= 15 is 0 Å². The van der Waals surface area contributed by atoms with Gasteiger partial charge in [0.2, 0.25) is 23.6 Å². The largest absolute Gasteiger partial charge is 0.377 e. The molecule has 0 bridgehead atoms. The summed E-state index contributed by atoms with van der Waals surface area (Å²) in [5, 5.41) is 11.3. The second-order valence-electron chi connectivity index (χ2n) is 12.0. The Balaban J connectivity index is 5.73. The van der Waals surface area contributed by atoms with Gasteiger partial charge in [-0.25, -0.2) is 0 Å². The molecule has 4 N–H and O–H groups in total. The highest BCUT2D eigenvalue weighted by molar-refractivity contribution is 8.46. The Kier molecular flexibility index (Phi) is 32.7. The quantitative estimate of drug-likeness (QED) is 0.0200. The zero-order chi connectivity index (χ0) is 41.8. The van der Waals surface area contributed by atoms with E-state index in [9.17, 15) is 23.7 Å². The molecule has 1 atom stereocenters. The Morgan fingerprint density at radius 1 is 0.607 bits per heavy atom. The average molecular weight is 829 g/mol. The van der Waals surface area contributed by atoms with Crippen molar-refractivity contribution in [2.75, 3.05) is 112 Å². The zero-order valence-corrected chi connectivity index (χ0v) is 34.5. The van der Waals surface area contributed by atoms with E-state index in [1.165, 1.54) is 0 Å². The van der Waals surface area contributed by atoms with Crippen LogP contribution in [-0.2, 0) is 56.7 Å². The molecule has 0 aliphatic heterocycles. The highest BCUT2D eigenvalue weighted by atomic mass is 32.7. The number of nitrogens with one attached hydrogen (secondary N) is 4. The number of amides is 4. The first-order valence-electron chi connectivity index (χ1n) is 18.5. The number of ether oxygens (including phenoxy) is 6. The third-order valence-corrected chi connectivity index (χ3v) is 10.2. The van der Waals surface area contributed by atoms with Crippen molar-refractivity contribution in [1.29, 1.82) is 0 Å². The molecular weight excluding hydrogens is 767 g/mol. The summed E-state index contributed by atoms with van der Waals surface area (Å²) in [5.74, 6) is 5.54. The molecule has 0 aromatic carbocycles. The van der Waals surface area contributed by atoms with Gasteiger partial charge in [0.15, 0.2) is 0 Å². The number of hydrogen-bond acceptors (Lipinski definition) is 12. The maximum absolute atomic E-state index is 13.6. The number of thiol groups is 1. The summed E-state index contributed by atoms with van der Waals surface area (Å²) >= 11 is 4.04. The number of carbonyl (C=O) groups excluding carboxylic acids is 4. The SMILES string of the molecule is C#CCOCCOCCNC(=O)CCC(CCC(=O)NCCOCCOCC#C)(CCC(=O)NCCOCCOCC#C)NC(=O)C(=C)CCOP(=O)(S)CC. The summed E-state index contributed by atoms with van der Waals surface area (Å²) < 4.78 is 49.4. The summed E-state index contributed by atoms with van der Waals surface area (Å²) in [6, 6.07) is 0. The van der Waals surface area contributed by atoms with E-state index in [1.54, 1.807) is 6.92 Å². The summed E-state index contributed by atoms with van der Waals surface area (Å²) in [5.41, 5.74) is -1.08. The molecule has 1 unspecified atom stereocenters. The molecule has 18 heteroatoms. The van der Waals surface area contributed by atoms with Gasteiger partial charge < -0.3 is 54.2 Å². The van der Waals surface area contributed by atoms with Gasteiger partial charge in [-0.1, -0.05) is 43.5 Å². The molecule has 56 heavy (non-hydrogen) atoms. The predicted octanol–water partition coefficient (Wildman–Crippen LogP) is 1.64. The molecule has 0 radical (unpaired) electrons. The maximum atomic E-state index is 13.6. The van der Waals surface area contributed by atoms with Gasteiger partial charge in [0.25, 0.3) is 6.57 Å². The average Bonchev–Trinajstić information content (AvgIpc) is 3.18. The molecule has 316 valence electrons. The number of carbonyl (C=O) groups is 4. The van der Waals surface area contributed by atoms with Crippen LogP contribution in [0.2, 0.25) is 0 Å². The lowest BCUT2D eigenvalue weighted by Crippen LogP contribution is -2.51. The van der Waals surface area contributed by atoms with Crippen LogP contribution < -0.4 is 21.3 Å². The van der Waals surface area contributed by atoms with Crippen LogP contribution in [0.1, 0.15) is 51.9 Å². The Hall–Kier alpha value is -3.40. The Morgan fingerprint density at radius 3 is 1.30 bits per heavy atom. The molecule has 0 aliphatic carbocycles. The van der Waals surface area contributed by atoms with Crippen molar-refractivity contribution in [3.05, 3.63) is 12.2 Å². The van der Waals surface area contributed by atoms with Crippen molar-refractivity contribution in [3.8, 4) is 37.0 Å². The van der Waals surface area contributed by atoms with Crippen LogP contribution in [0.5, 0.6) is 0 Å². The van der Waals surface area contributed by atoms with Crippen molar-refractivity contribution in [2.45, 2.75) is 57.4 Å². The summed E-state index contributed by atoms with van der Waals surface area (Å²) in [6.07, 6.45) is 15.8. The minimum Gasteiger partial charge on any atom is -0.377 e. The normalized spacial score (nSPS) is 12.0. The van der Waals surface area contributed by atoms with Crippen LogP contribution in [0.25, 0.3) is 0 Å². The summed E-state index contributed by atoms with van der Waals surface area (Å²) in [7, 11) is 0. The molecule has 0 saturated heterocycles. The van der Waals surface area contributed by atoms with Gasteiger partial charge in [0.1, 0.15) is 19.8 Å². The molecule has 0 spiro atoms. The first-order chi connectivity index (χ1) is 26.9. The topological polar surface area (TPSA) is 198 Å². The fourth-order valence-electron chi connectivity index (χ4n) is 4.57. The minimum atomic E-state index is -3.11. The summed E-state index contributed by atoms with van der Waals surface area (Å²) in [4.78, 5) is 52.5. The van der Waals surface area contributed by atoms with Gasteiger partial charge >= 0.3 is 0 Å². The van der Waals surface area contributed by atoms with Gasteiger partial charge in [-0.3, -0.25) is 23.7 Å².